The minimum Gasteiger partial charge on any atom is -0.497 e. The number of rotatable bonds is 6. The zero-order chi connectivity index (χ0) is 19.2. The van der Waals surface area contributed by atoms with Crippen LogP contribution in [0.3, 0.4) is 0 Å². The van der Waals surface area contributed by atoms with Crippen LogP contribution in [0.5, 0.6) is 11.5 Å². The van der Waals surface area contributed by atoms with E-state index in [1.54, 1.807) is 32.4 Å². The van der Waals surface area contributed by atoms with Crippen LogP contribution in [-0.2, 0) is 4.79 Å². The molecule has 0 fully saturated rings. The number of aromatic nitrogens is 1. The van der Waals surface area contributed by atoms with Crippen LogP contribution in [0.2, 0.25) is 5.15 Å². The molecule has 0 bridgehead atoms. The molecule has 4 nitrogen and oxygen atoms in total. The van der Waals surface area contributed by atoms with Gasteiger partial charge in [0.15, 0.2) is 5.78 Å². The van der Waals surface area contributed by atoms with Crippen molar-refractivity contribution in [2.24, 2.45) is 0 Å². The van der Waals surface area contributed by atoms with E-state index in [2.05, 4.69) is 4.98 Å². The maximum absolute atomic E-state index is 12.2. The van der Waals surface area contributed by atoms with Gasteiger partial charge in [0.1, 0.15) is 16.7 Å². The molecule has 0 N–H and O–H groups in total. The highest BCUT2D eigenvalue weighted by atomic mass is 35.5. The first kappa shape index (κ1) is 18.7. The van der Waals surface area contributed by atoms with E-state index >= 15 is 0 Å². The van der Waals surface area contributed by atoms with Crippen LogP contribution >= 0.6 is 11.6 Å². The zero-order valence-electron chi connectivity index (χ0n) is 15.0. The lowest BCUT2D eigenvalue weighted by Gasteiger charge is -2.06. The zero-order valence-corrected chi connectivity index (χ0v) is 15.7. The summed E-state index contributed by atoms with van der Waals surface area (Å²) in [6.07, 6.45) is 6.30. The van der Waals surface area contributed by atoms with Gasteiger partial charge in [0.2, 0.25) is 0 Å². The quantitative estimate of drug-likeness (QED) is 0.436. The number of halogens is 1. The monoisotopic (exact) mass is 379 g/mol. The van der Waals surface area contributed by atoms with Crippen molar-refractivity contribution in [1.29, 1.82) is 0 Å². The number of hydrogen-bond donors (Lipinski definition) is 0. The molecule has 0 amide bonds. The van der Waals surface area contributed by atoms with Gasteiger partial charge in [-0.15, -0.1) is 0 Å². The van der Waals surface area contributed by atoms with Crippen molar-refractivity contribution in [3.8, 4) is 11.5 Å². The molecule has 0 unspecified atom stereocenters. The molecule has 0 spiro atoms. The minimum atomic E-state index is -0.169. The Morgan fingerprint density at radius 2 is 1.70 bits per heavy atom. The van der Waals surface area contributed by atoms with Crippen molar-refractivity contribution in [2.75, 3.05) is 14.2 Å². The van der Waals surface area contributed by atoms with Crippen LogP contribution in [0.4, 0.5) is 0 Å². The van der Waals surface area contributed by atoms with Gasteiger partial charge in [-0.05, 0) is 48.6 Å². The smallest absolute Gasteiger partial charge is 0.178 e. The van der Waals surface area contributed by atoms with Gasteiger partial charge in [-0.1, -0.05) is 29.8 Å². The lowest BCUT2D eigenvalue weighted by Crippen LogP contribution is -1.91. The number of methoxy groups -OCH3 is 2. The van der Waals surface area contributed by atoms with Gasteiger partial charge in [-0.25, -0.2) is 4.98 Å². The van der Waals surface area contributed by atoms with E-state index in [0.29, 0.717) is 22.2 Å². The Morgan fingerprint density at radius 1 is 0.963 bits per heavy atom. The molecule has 27 heavy (non-hydrogen) atoms. The highest BCUT2D eigenvalue weighted by Crippen LogP contribution is 2.26. The summed E-state index contributed by atoms with van der Waals surface area (Å²) < 4.78 is 10.5. The predicted molar refractivity (Wildman–Crippen MR) is 109 cm³/mol. The SMILES string of the molecule is COc1ccc(/C=C/C(=O)/C=C/c2cc3ccccc3nc2Cl)c(OC)c1. The molecule has 3 rings (SSSR count). The van der Waals surface area contributed by atoms with E-state index in [9.17, 15) is 4.79 Å². The molecule has 1 heterocycles. The normalized spacial score (nSPS) is 11.4. The van der Waals surface area contributed by atoms with E-state index < -0.39 is 0 Å². The molecule has 2 aromatic carbocycles. The Balaban J connectivity index is 1.78. The average molecular weight is 380 g/mol. The number of benzene rings is 2. The average Bonchev–Trinajstić information content (AvgIpc) is 2.70. The summed E-state index contributed by atoms with van der Waals surface area (Å²) >= 11 is 6.21. The second-order valence-electron chi connectivity index (χ2n) is 5.74. The maximum atomic E-state index is 12.2. The predicted octanol–water partition coefficient (Wildman–Crippen LogP) is 5.20. The molecule has 0 aliphatic rings. The fourth-order valence-corrected chi connectivity index (χ4v) is 2.79. The highest BCUT2D eigenvalue weighted by Gasteiger charge is 2.04. The number of para-hydroxylation sites is 1. The number of hydrogen-bond acceptors (Lipinski definition) is 4. The number of nitrogens with zero attached hydrogens (tertiary/aromatic N) is 1. The van der Waals surface area contributed by atoms with E-state index in [1.807, 2.05) is 42.5 Å². The summed E-state index contributed by atoms with van der Waals surface area (Å²) in [6.45, 7) is 0. The number of carbonyl (C=O) groups excluding carboxylic acids is 1. The molecular weight excluding hydrogens is 362 g/mol. The molecule has 5 heteroatoms. The van der Waals surface area contributed by atoms with Gasteiger partial charge in [0.05, 0.1) is 19.7 Å². The number of carbonyl (C=O) groups is 1. The standard InChI is InChI=1S/C22H18ClNO3/c1-26-19-12-9-15(21(14-19)27-2)7-10-18(25)11-8-17-13-16-5-3-4-6-20(16)24-22(17)23/h3-14H,1-2H3/b10-7+,11-8+. The van der Waals surface area contributed by atoms with Crippen LogP contribution in [0.15, 0.2) is 60.7 Å². The molecule has 0 aliphatic heterocycles. The number of allylic oxidation sites excluding steroid dienone is 2. The van der Waals surface area contributed by atoms with Gasteiger partial charge >= 0.3 is 0 Å². The molecule has 0 radical (unpaired) electrons. The molecule has 3 aromatic rings. The van der Waals surface area contributed by atoms with Gasteiger partial charge < -0.3 is 9.47 Å². The van der Waals surface area contributed by atoms with E-state index in [1.165, 1.54) is 12.2 Å². The first-order valence-electron chi connectivity index (χ1n) is 8.28. The van der Waals surface area contributed by atoms with Crippen molar-refractivity contribution in [1.82, 2.24) is 4.98 Å². The Labute approximate surface area is 162 Å². The summed E-state index contributed by atoms with van der Waals surface area (Å²) in [6, 6.07) is 15.0. The fraction of sp³-hybridized carbons (Fsp3) is 0.0909. The van der Waals surface area contributed by atoms with E-state index in [4.69, 9.17) is 21.1 Å². The van der Waals surface area contributed by atoms with Crippen molar-refractivity contribution < 1.29 is 14.3 Å². The number of fused-ring (bicyclic) bond motifs is 1. The first-order chi connectivity index (χ1) is 13.1. The molecular formula is C22H18ClNO3. The van der Waals surface area contributed by atoms with Gasteiger partial charge in [0.25, 0.3) is 0 Å². The van der Waals surface area contributed by atoms with Crippen LogP contribution in [0.25, 0.3) is 23.1 Å². The molecule has 0 atom stereocenters. The lowest BCUT2D eigenvalue weighted by atomic mass is 10.1. The third-order valence-corrected chi connectivity index (χ3v) is 4.30. The summed E-state index contributed by atoms with van der Waals surface area (Å²) in [4.78, 5) is 16.5. The number of ether oxygens (including phenoxy) is 2. The topological polar surface area (TPSA) is 48.4 Å². The molecule has 1 aromatic heterocycles. The van der Waals surface area contributed by atoms with Crippen molar-refractivity contribution in [3.05, 3.63) is 77.0 Å². The largest absolute Gasteiger partial charge is 0.497 e. The summed E-state index contributed by atoms with van der Waals surface area (Å²) in [5, 5.41) is 1.33. The fourth-order valence-electron chi connectivity index (χ4n) is 2.58. The Bertz CT molecular complexity index is 1040. The summed E-state index contributed by atoms with van der Waals surface area (Å²) in [5.41, 5.74) is 2.29. The van der Waals surface area contributed by atoms with Crippen LogP contribution in [-0.4, -0.2) is 25.0 Å². The Kier molecular flexibility index (Phi) is 5.89. The molecule has 136 valence electrons. The second kappa shape index (κ2) is 8.52. The third-order valence-electron chi connectivity index (χ3n) is 4.00. The van der Waals surface area contributed by atoms with Crippen molar-refractivity contribution in [2.45, 2.75) is 0 Å². The van der Waals surface area contributed by atoms with E-state index in [-0.39, 0.29) is 5.78 Å². The third kappa shape index (κ3) is 4.54. The molecule has 0 aliphatic carbocycles. The Hall–Kier alpha value is -3.11. The number of ketones is 1. The molecule has 0 saturated heterocycles. The molecule has 0 saturated carbocycles. The Morgan fingerprint density at radius 3 is 2.44 bits per heavy atom. The van der Waals surface area contributed by atoms with Crippen LogP contribution < -0.4 is 9.47 Å². The number of pyridine rings is 1. The minimum absolute atomic E-state index is 0.169. The maximum Gasteiger partial charge on any atom is 0.178 e. The van der Waals surface area contributed by atoms with Crippen LogP contribution in [0, 0.1) is 0 Å². The van der Waals surface area contributed by atoms with Crippen molar-refractivity contribution >= 4 is 40.4 Å². The van der Waals surface area contributed by atoms with Gasteiger partial charge in [0, 0.05) is 22.6 Å². The van der Waals surface area contributed by atoms with Gasteiger partial charge in [-0.3, -0.25) is 4.79 Å². The first-order valence-corrected chi connectivity index (χ1v) is 8.66. The second-order valence-corrected chi connectivity index (χ2v) is 6.10. The summed E-state index contributed by atoms with van der Waals surface area (Å²) in [7, 11) is 3.16. The lowest BCUT2D eigenvalue weighted by molar-refractivity contribution is -0.110. The summed E-state index contributed by atoms with van der Waals surface area (Å²) in [5.74, 6) is 1.15. The van der Waals surface area contributed by atoms with E-state index in [0.717, 1.165) is 16.5 Å². The van der Waals surface area contributed by atoms with Gasteiger partial charge in [-0.2, -0.15) is 0 Å². The highest BCUT2D eigenvalue weighted by molar-refractivity contribution is 6.31. The van der Waals surface area contributed by atoms with Crippen LogP contribution in [0.1, 0.15) is 11.1 Å². The van der Waals surface area contributed by atoms with Crippen molar-refractivity contribution in [3.63, 3.8) is 0 Å².